The standard InChI is InChI=1S/C22H28N2O4/c1-22(2,3)28-21(26)24-13-7-10-18(24)15-27-19-12-11-17(14-23-19)20(25)16-8-5-4-6-9-16/h4-6,8-9,11-12,14,18,20,25H,7,10,13,15H2,1-3H3. The zero-order valence-corrected chi connectivity index (χ0v) is 16.7. The molecule has 1 N–H and O–H groups in total. The van der Waals surface area contributed by atoms with Crippen LogP contribution in [0.25, 0.3) is 0 Å². The van der Waals surface area contributed by atoms with Crippen LogP contribution in [0.2, 0.25) is 0 Å². The molecule has 6 heteroatoms. The Labute approximate surface area is 166 Å². The maximum Gasteiger partial charge on any atom is 0.410 e. The normalized spacial score (nSPS) is 18.0. The van der Waals surface area contributed by atoms with Crippen molar-refractivity contribution in [2.45, 2.75) is 51.4 Å². The molecule has 0 saturated carbocycles. The highest BCUT2D eigenvalue weighted by Gasteiger charge is 2.32. The molecule has 3 rings (SSSR count). The minimum atomic E-state index is -0.722. The number of aromatic nitrogens is 1. The fourth-order valence-electron chi connectivity index (χ4n) is 3.22. The van der Waals surface area contributed by atoms with Crippen molar-refractivity contribution in [1.82, 2.24) is 9.88 Å². The van der Waals surface area contributed by atoms with E-state index < -0.39 is 11.7 Å². The van der Waals surface area contributed by atoms with E-state index in [1.807, 2.05) is 51.1 Å². The van der Waals surface area contributed by atoms with Crippen LogP contribution in [-0.2, 0) is 4.74 Å². The van der Waals surface area contributed by atoms with Gasteiger partial charge in [0.2, 0.25) is 5.88 Å². The molecule has 2 heterocycles. The number of nitrogens with zero attached hydrogens (tertiary/aromatic N) is 2. The first-order chi connectivity index (χ1) is 13.3. The molecule has 1 aliphatic heterocycles. The maximum absolute atomic E-state index is 12.3. The lowest BCUT2D eigenvalue weighted by molar-refractivity contribution is 0.0185. The molecular weight excluding hydrogens is 356 g/mol. The van der Waals surface area contributed by atoms with Gasteiger partial charge in [0.1, 0.15) is 18.3 Å². The van der Waals surface area contributed by atoms with Gasteiger partial charge in [-0.15, -0.1) is 0 Å². The van der Waals surface area contributed by atoms with Gasteiger partial charge < -0.3 is 19.5 Å². The van der Waals surface area contributed by atoms with Crippen LogP contribution in [-0.4, -0.2) is 45.9 Å². The third-order valence-corrected chi connectivity index (χ3v) is 4.62. The number of hydrogen-bond donors (Lipinski definition) is 1. The van der Waals surface area contributed by atoms with E-state index in [0.29, 0.717) is 24.6 Å². The Morgan fingerprint density at radius 1 is 1.21 bits per heavy atom. The second kappa shape index (κ2) is 8.61. The number of carbonyl (C=O) groups is 1. The molecule has 28 heavy (non-hydrogen) atoms. The number of likely N-dealkylation sites (tertiary alicyclic amines) is 1. The van der Waals surface area contributed by atoms with E-state index in [4.69, 9.17) is 9.47 Å². The van der Waals surface area contributed by atoms with Crippen LogP contribution in [0.5, 0.6) is 5.88 Å². The van der Waals surface area contributed by atoms with Crippen molar-refractivity contribution < 1.29 is 19.4 Å². The summed E-state index contributed by atoms with van der Waals surface area (Å²) in [4.78, 5) is 18.4. The number of rotatable bonds is 5. The number of aliphatic hydroxyl groups is 1. The average Bonchev–Trinajstić information content (AvgIpc) is 3.14. The van der Waals surface area contributed by atoms with E-state index in [0.717, 1.165) is 18.4 Å². The van der Waals surface area contributed by atoms with Gasteiger partial charge >= 0.3 is 6.09 Å². The average molecular weight is 384 g/mol. The van der Waals surface area contributed by atoms with Gasteiger partial charge in [0.05, 0.1) is 6.04 Å². The Morgan fingerprint density at radius 2 is 1.96 bits per heavy atom. The summed E-state index contributed by atoms with van der Waals surface area (Å²) in [6.45, 7) is 6.64. The zero-order chi connectivity index (χ0) is 20.1. The minimum Gasteiger partial charge on any atom is -0.475 e. The maximum atomic E-state index is 12.3. The van der Waals surface area contributed by atoms with Gasteiger partial charge in [0.15, 0.2) is 0 Å². The molecular formula is C22H28N2O4. The highest BCUT2D eigenvalue weighted by atomic mass is 16.6. The van der Waals surface area contributed by atoms with Crippen molar-refractivity contribution in [3.05, 3.63) is 59.8 Å². The molecule has 0 bridgehead atoms. The van der Waals surface area contributed by atoms with E-state index in [2.05, 4.69) is 4.98 Å². The number of benzene rings is 1. The van der Waals surface area contributed by atoms with Gasteiger partial charge in [-0.2, -0.15) is 0 Å². The Balaban J connectivity index is 1.56. The summed E-state index contributed by atoms with van der Waals surface area (Å²) in [5.74, 6) is 0.472. The van der Waals surface area contributed by atoms with Crippen LogP contribution in [0, 0.1) is 0 Å². The van der Waals surface area contributed by atoms with Crippen molar-refractivity contribution in [1.29, 1.82) is 0 Å². The van der Waals surface area contributed by atoms with Crippen molar-refractivity contribution in [3.8, 4) is 5.88 Å². The zero-order valence-electron chi connectivity index (χ0n) is 16.7. The van der Waals surface area contributed by atoms with Crippen LogP contribution in [0.15, 0.2) is 48.7 Å². The SMILES string of the molecule is CC(C)(C)OC(=O)N1CCCC1COc1ccc(C(O)c2ccccc2)cn1. The van der Waals surface area contributed by atoms with Crippen LogP contribution in [0.3, 0.4) is 0 Å². The summed E-state index contributed by atoms with van der Waals surface area (Å²) in [5, 5.41) is 10.4. The Bertz CT molecular complexity index is 771. The second-order valence-electron chi connectivity index (χ2n) is 8.02. The summed E-state index contributed by atoms with van der Waals surface area (Å²) >= 11 is 0. The molecule has 2 aromatic rings. The summed E-state index contributed by atoms with van der Waals surface area (Å²) in [5.41, 5.74) is 1.01. The molecule has 2 unspecified atom stereocenters. The van der Waals surface area contributed by atoms with Gasteiger partial charge in [-0.3, -0.25) is 0 Å². The molecule has 1 aromatic heterocycles. The Morgan fingerprint density at radius 3 is 2.61 bits per heavy atom. The van der Waals surface area contributed by atoms with Gasteiger partial charge in [-0.1, -0.05) is 30.3 Å². The smallest absolute Gasteiger partial charge is 0.410 e. The molecule has 150 valence electrons. The fraction of sp³-hybridized carbons (Fsp3) is 0.455. The number of pyridine rings is 1. The molecule has 1 amide bonds. The third kappa shape index (κ3) is 5.23. The monoisotopic (exact) mass is 384 g/mol. The first-order valence-electron chi connectivity index (χ1n) is 9.65. The number of hydrogen-bond acceptors (Lipinski definition) is 5. The van der Waals surface area contributed by atoms with Crippen molar-refractivity contribution in [2.24, 2.45) is 0 Å². The van der Waals surface area contributed by atoms with E-state index in [9.17, 15) is 9.90 Å². The molecule has 1 saturated heterocycles. The third-order valence-electron chi connectivity index (χ3n) is 4.62. The summed E-state index contributed by atoms with van der Waals surface area (Å²) < 4.78 is 11.3. The summed E-state index contributed by atoms with van der Waals surface area (Å²) in [6.07, 6.45) is 2.41. The predicted molar refractivity (Wildman–Crippen MR) is 106 cm³/mol. The Hall–Kier alpha value is -2.60. The van der Waals surface area contributed by atoms with Crippen molar-refractivity contribution >= 4 is 6.09 Å². The molecule has 2 atom stereocenters. The van der Waals surface area contributed by atoms with Gasteiger partial charge in [0, 0.05) is 24.4 Å². The van der Waals surface area contributed by atoms with Crippen LogP contribution >= 0.6 is 0 Å². The summed E-state index contributed by atoms with van der Waals surface area (Å²) in [7, 11) is 0. The van der Waals surface area contributed by atoms with E-state index >= 15 is 0 Å². The van der Waals surface area contributed by atoms with Gasteiger partial charge in [-0.05, 0) is 45.2 Å². The molecule has 0 spiro atoms. The minimum absolute atomic E-state index is 0.0220. The second-order valence-corrected chi connectivity index (χ2v) is 8.02. The molecule has 0 aliphatic carbocycles. The molecule has 1 aromatic carbocycles. The van der Waals surface area contributed by atoms with Crippen LogP contribution in [0.1, 0.15) is 50.8 Å². The highest BCUT2D eigenvalue weighted by Crippen LogP contribution is 2.24. The van der Waals surface area contributed by atoms with Crippen LogP contribution in [0.4, 0.5) is 4.79 Å². The number of aliphatic hydroxyl groups excluding tert-OH is 1. The lowest BCUT2D eigenvalue weighted by Crippen LogP contribution is -2.42. The first-order valence-corrected chi connectivity index (χ1v) is 9.65. The van der Waals surface area contributed by atoms with Gasteiger partial charge in [0.25, 0.3) is 0 Å². The van der Waals surface area contributed by atoms with Gasteiger partial charge in [-0.25, -0.2) is 9.78 Å². The molecule has 6 nitrogen and oxygen atoms in total. The van der Waals surface area contributed by atoms with E-state index in [-0.39, 0.29) is 12.1 Å². The lowest BCUT2D eigenvalue weighted by Gasteiger charge is -2.28. The fourth-order valence-corrected chi connectivity index (χ4v) is 3.22. The first kappa shape index (κ1) is 20.1. The van der Waals surface area contributed by atoms with Crippen molar-refractivity contribution in [3.63, 3.8) is 0 Å². The lowest BCUT2D eigenvalue weighted by atomic mass is 10.0. The predicted octanol–water partition coefficient (Wildman–Crippen LogP) is 3.94. The molecule has 1 aliphatic rings. The molecule has 1 fully saturated rings. The number of ether oxygens (including phenoxy) is 2. The number of amides is 1. The largest absolute Gasteiger partial charge is 0.475 e. The van der Waals surface area contributed by atoms with E-state index in [1.165, 1.54) is 0 Å². The molecule has 0 radical (unpaired) electrons. The summed E-state index contributed by atoms with van der Waals surface area (Å²) in [6, 6.07) is 13.0. The number of carbonyl (C=O) groups excluding carboxylic acids is 1. The van der Waals surface area contributed by atoms with E-state index in [1.54, 1.807) is 23.2 Å². The van der Waals surface area contributed by atoms with Crippen molar-refractivity contribution in [2.75, 3.05) is 13.2 Å². The topological polar surface area (TPSA) is 71.9 Å². The van der Waals surface area contributed by atoms with Crippen LogP contribution < -0.4 is 4.74 Å². The Kier molecular flexibility index (Phi) is 6.19. The highest BCUT2D eigenvalue weighted by molar-refractivity contribution is 5.69. The quantitative estimate of drug-likeness (QED) is 0.845.